The molecular formula is C11H19N3O2S. The first-order valence-corrected chi connectivity index (χ1v) is 7.69. The van der Waals surface area contributed by atoms with Gasteiger partial charge in [0.05, 0.1) is 11.0 Å². The van der Waals surface area contributed by atoms with Crippen molar-refractivity contribution in [3.05, 3.63) is 18.2 Å². The standard InChI is InChI=1S/C11H19N3O2S/c1-14-7-6-13-11(14)4-5-12-9-10-3-2-8-17(10,15)16/h6-7,10,12H,2-5,8-9H2,1H3. The predicted octanol–water partition coefficient (Wildman–Crippen LogP) is 0.129. The van der Waals surface area contributed by atoms with Crippen LogP contribution in [0.1, 0.15) is 18.7 Å². The van der Waals surface area contributed by atoms with Crippen molar-refractivity contribution in [3.63, 3.8) is 0 Å². The van der Waals surface area contributed by atoms with Gasteiger partial charge in [-0.15, -0.1) is 0 Å². The highest BCUT2D eigenvalue weighted by Gasteiger charge is 2.30. The minimum absolute atomic E-state index is 0.177. The van der Waals surface area contributed by atoms with Gasteiger partial charge in [-0.2, -0.15) is 0 Å². The molecule has 0 amide bonds. The Labute approximate surface area is 102 Å². The lowest BCUT2D eigenvalue weighted by Crippen LogP contribution is -2.31. The van der Waals surface area contributed by atoms with E-state index in [2.05, 4.69) is 10.3 Å². The summed E-state index contributed by atoms with van der Waals surface area (Å²) in [4.78, 5) is 4.22. The normalized spacial score (nSPS) is 23.0. The van der Waals surface area contributed by atoms with E-state index in [4.69, 9.17) is 0 Å². The second kappa shape index (κ2) is 5.18. The first kappa shape index (κ1) is 12.6. The largest absolute Gasteiger partial charge is 0.338 e. The number of aryl methyl sites for hydroxylation is 1. The number of rotatable bonds is 5. The topological polar surface area (TPSA) is 64.0 Å². The molecule has 0 radical (unpaired) electrons. The van der Waals surface area contributed by atoms with Crippen molar-refractivity contribution in [1.29, 1.82) is 0 Å². The lowest BCUT2D eigenvalue weighted by atomic mass is 10.2. The molecule has 1 atom stereocenters. The second-order valence-electron chi connectivity index (χ2n) is 4.54. The second-order valence-corrected chi connectivity index (χ2v) is 6.94. The number of nitrogens with zero attached hydrogens (tertiary/aromatic N) is 2. The molecule has 6 heteroatoms. The Morgan fingerprint density at radius 3 is 3.00 bits per heavy atom. The first-order valence-electron chi connectivity index (χ1n) is 5.98. The molecular weight excluding hydrogens is 238 g/mol. The Bertz CT molecular complexity index is 467. The van der Waals surface area contributed by atoms with Gasteiger partial charge in [0.25, 0.3) is 0 Å². The minimum Gasteiger partial charge on any atom is -0.338 e. The number of aromatic nitrogens is 2. The first-order chi connectivity index (χ1) is 8.09. The molecule has 0 aromatic carbocycles. The smallest absolute Gasteiger partial charge is 0.154 e. The summed E-state index contributed by atoms with van der Waals surface area (Å²) in [5, 5.41) is 3.04. The van der Waals surface area contributed by atoms with Gasteiger partial charge < -0.3 is 9.88 Å². The summed E-state index contributed by atoms with van der Waals surface area (Å²) < 4.78 is 25.1. The Hall–Kier alpha value is -0.880. The third-order valence-electron chi connectivity index (χ3n) is 3.28. The van der Waals surface area contributed by atoms with Crippen LogP contribution in [0.3, 0.4) is 0 Å². The van der Waals surface area contributed by atoms with Crippen LogP contribution in [0, 0.1) is 0 Å². The third kappa shape index (κ3) is 3.07. The summed E-state index contributed by atoms with van der Waals surface area (Å²) >= 11 is 0. The van der Waals surface area contributed by atoms with Crippen molar-refractivity contribution in [1.82, 2.24) is 14.9 Å². The maximum atomic E-state index is 11.6. The molecule has 5 nitrogen and oxygen atoms in total. The van der Waals surface area contributed by atoms with Crippen molar-refractivity contribution in [2.75, 3.05) is 18.8 Å². The number of hydrogen-bond acceptors (Lipinski definition) is 4. The molecule has 17 heavy (non-hydrogen) atoms. The fourth-order valence-corrected chi connectivity index (χ4v) is 3.99. The van der Waals surface area contributed by atoms with Crippen molar-refractivity contribution in [2.45, 2.75) is 24.5 Å². The molecule has 1 aliphatic heterocycles. The zero-order chi connectivity index (χ0) is 12.3. The molecule has 0 bridgehead atoms. The molecule has 1 aromatic heterocycles. The van der Waals surface area contributed by atoms with Crippen molar-refractivity contribution >= 4 is 9.84 Å². The third-order valence-corrected chi connectivity index (χ3v) is 5.56. The predicted molar refractivity (Wildman–Crippen MR) is 66.6 cm³/mol. The van der Waals surface area contributed by atoms with E-state index in [1.54, 1.807) is 6.20 Å². The summed E-state index contributed by atoms with van der Waals surface area (Å²) in [5.41, 5.74) is 0. The molecule has 1 N–H and O–H groups in total. The molecule has 1 unspecified atom stereocenters. The molecule has 0 saturated carbocycles. The van der Waals surface area contributed by atoms with Gasteiger partial charge in [-0.25, -0.2) is 13.4 Å². The van der Waals surface area contributed by atoms with Crippen LogP contribution in [0.2, 0.25) is 0 Å². The lowest BCUT2D eigenvalue weighted by molar-refractivity contribution is 0.571. The van der Waals surface area contributed by atoms with E-state index in [0.29, 0.717) is 12.3 Å². The molecule has 1 aliphatic rings. The van der Waals surface area contributed by atoms with Gasteiger partial charge in [-0.1, -0.05) is 0 Å². The minimum atomic E-state index is -2.81. The van der Waals surface area contributed by atoms with Crippen LogP contribution in [-0.4, -0.2) is 42.1 Å². The molecule has 1 fully saturated rings. The van der Waals surface area contributed by atoms with Crippen LogP contribution in [-0.2, 0) is 23.3 Å². The Morgan fingerprint density at radius 1 is 1.59 bits per heavy atom. The Morgan fingerprint density at radius 2 is 2.41 bits per heavy atom. The van der Waals surface area contributed by atoms with E-state index in [-0.39, 0.29) is 5.25 Å². The van der Waals surface area contributed by atoms with Crippen LogP contribution in [0.4, 0.5) is 0 Å². The van der Waals surface area contributed by atoms with Crippen LogP contribution >= 0.6 is 0 Å². The lowest BCUT2D eigenvalue weighted by Gasteiger charge is -2.10. The highest BCUT2D eigenvalue weighted by Crippen LogP contribution is 2.18. The van der Waals surface area contributed by atoms with Gasteiger partial charge in [0, 0.05) is 39.0 Å². The summed E-state index contributed by atoms with van der Waals surface area (Å²) in [6.45, 7) is 1.35. The van der Waals surface area contributed by atoms with Crippen molar-refractivity contribution in [2.24, 2.45) is 7.05 Å². The zero-order valence-electron chi connectivity index (χ0n) is 10.1. The molecule has 1 saturated heterocycles. The van der Waals surface area contributed by atoms with Crippen LogP contribution in [0.25, 0.3) is 0 Å². The molecule has 96 valence electrons. The maximum absolute atomic E-state index is 11.6. The number of nitrogens with one attached hydrogen (secondary N) is 1. The average molecular weight is 257 g/mol. The summed E-state index contributed by atoms with van der Waals surface area (Å²) in [5.74, 6) is 1.38. The van der Waals surface area contributed by atoms with E-state index >= 15 is 0 Å². The van der Waals surface area contributed by atoms with Gasteiger partial charge in [0.1, 0.15) is 5.82 Å². The maximum Gasteiger partial charge on any atom is 0.154 e. The van der Waals surface area contributed by atoms with E-state index < -0.39 is 9.84 Å². The Kier molecular flexibility index (Phi) is 3.83. The van der Waals surface area contributed by atoms with Crippen LogP contribution in [0.15, 0.2) is 12.4 Å². The number of imidazole rings is 1. The summed E-state index contributed by atoms with van der Waals surface area (Å²) in [7, 11) is -0.851. The Balaban J connectivity index is 1.72. The molecule has 0 aliphatic carbocycles. The molecule has 2 rings (SSSR count). The van der Waals surface area contributed by atoms with Crippen molar-refractivity contribution < 1.29 is 8.42 Å². The fraction of sp³-hybridized carbons (Fsp3) is 0.727. The fourth-order valence-electron chi connectivity index (χ4n) is 2.19. The van der Waals surface area contributed by atoms with Crippen LogP contribution in [0.5, 0.6) is 0 Å². The van der Waals surface area contributed by atoms with Gasteiger partial charge in [-0.05, 0) is 12.8 Å². The van der Waals surface area contributed by atoms with E-state index in [1.807, 2.05) is 17.8 Å². The number of sulfone groups is 1. The van der Waals surface area contributed by atoms with Gasteiger partial charge in [-0.3, -0.25) is 0 Å². The zero-order valence-corrected chi connectivity index (χ0v) is 10.9. The average Bonchev–Trinajstić information content (AvgIpc) is 2.81. The summed E-state index contributed by atoms with van der Waals surface area (Å²) in [6, 6.07) is 0. The van der Waals surface area contributed by atoms with Crippen molar-refractivity contribution in [3.8, 4) is 0 Å². The SMILES string of the molecule is Cn1ccnc1CCNCC1CCCS1(=O)=O. The van der Waals surface area contributed by atoms with E-state index in [1.165, 1.54) is 0 Å². The van der Waals surface area contributed by atoms with Gasteiger partial charge >= 0.3 is 0 Å². The quantitative estimate of drug-likeness (QED) is 0.762. The van der Waals surface area contributed by atoms with Gasteiger partial charge in [0.2, 0.25) is 0 Å². The highest BCUT2D eigenvalue weighted by molar-refractivity contribution is 7.92. The molecule has 0 spiro atoms. The monoisotopic (exact) mass is 257 g/mol. The number of hydrogen-bond donors (Lipinski definition) is 1. The molecule has 2 heterocycles. The summed E-state index contributed by atoms with van der Waals surface area (Å²) in [6.07, 6.45) is 6.13. The highest BCUT2D eigenvalue weighted by atomic mass is 32.2. The van der Waals surface area contributed by atoms with Crippen LogP contribution < -0.4 is 5.32 Å². The van der Waals surface area contributed by atoms with E-state index in [9.17, 15) is 8.42 Å². The molecule has 1 aromatic rings. The van der Waals surface area contributed by atoms with Gasteiger partial charge in [0.15, 0.2) is 9.84 Å². The van der Waals surface area contributed by atoms with E-state index in [0.717, 1.165) is 31.6 Å².